The number of rotatable bonds is 0. The summed E-state index contributed by atoms with van der Waals surface area (Å²) in [5.74, 6) is 0. The van der Waals surface area contributed by atoms with Gasteiger partial charge >= 0.3 is 0 Å². The molecule has 4 rings (SSSR count). The largest absolute Gasteiger partial charge is 0.254 e. The quantitative estimate of drug-likeness (QED) is 0.414. The molecule has 0 aliphatic carbocycles. The van der Waals surface area contributed by atoms with Crippen LogP contribution >= 0.6 is 0 Å². The summed E-state index contributed by atoms with van der Waals surface area (Å²) in [5, 5.41) is 3.47. The van der Waals surface area contributed by atoms with E-state index in [9.17, 15) is 0 Å². The lowest BCUT2D eigenvalue weighted by Crippen LogP contribution is -1.90. The molecule has 0 spiro atoms. The van der Waals surface area contributed by atoms with Gasteiger partial charge in [0.25, 0.3) is 0 Å². The minimum absolute atomic E-state index is 0.911. The van der Waals surface area contributed by atoms with E-state index in [0.29, 0.717) is 0 Å². The highest BCUT2D eigenvalue weighted by Gasteiger charge is 2.08. The van der Waals surface area contributed by atoms with Gasteiger partial charge in [0.1, 0.15) is 6.33 Å². The van der Waals surface area contributed by atoms with Crippen LogP contribution in [0.3, 0.4) is 0 Å². The van der Waals surface area contributed by atoms with E-state index in [4.69, 9.17) is 0 Å². The molecule has 2 heterocycles. The molecule has 2 aromatic carbocycles. The first-order valence-electron chi connectivity index (χ1n) is 5.14. The van der Waals surface area contributed by atoms with Crippen LogP contribution in [0.5, 0.6) is 0 Å². The Morgan fingerprint density at radius 3 is 2.56 bits per heavy atom. The van der Waals surface area contributed by atoms with Crippen molar-refractivity contribution in [1.82, 2.24) is 15.0 Å². The minimum Gasteiger partial charge on any atom is -0.254 e. The number of hydrogen-bond acceptors (Lipinski definition) is 3. The number of nitrogens with zero attached hydrogens (tertiary/aromatic N) is 3. The van der Waals surface area contributed by atoms with Crippen molar-refractivity contribution in [2.45, 2.75) is 0 Å². The van der Waals surface area contributed by atoms with E-state index in [1.54, 1.807) is 6.33 Å². The SMILES string of the molecule is c1cc2ccc3ncnc4cnc(c1)c2c34. The van der Waals surface area contributed by atoms with Gasteiger partial charge in [-0.05, 0) is 17.5 Å². The normalized spacial score (nSPS) is 11.8. The van der Waals surface area contributed by atoms with Crippen LogP contribution in [0.15, 0.2) is 42.9 Å². The molecule has 4 aromatic rings. The van der Waals surface area contributed by atoms with Crippen molar-refractivity contribution in [1.29, 1.82) is 0 Å². The van der Waals surface area contributed by atoms with Crippen molar-refractivity contribution >= 4 is 32.7 Å². The van der Waals surface area contributed by atoms with Crippen molar-refractivity contribution in [3.63, 3.8) is 0 Å². The Labute approximate surface area is 91.1 Å². The van der Waals surface area contributed by atoms with Gasteiger partial charge < -0.3 is 0 Å². The first-order chi connectivity index (χ1) is 7.93. The summed E-state index contributed by atoms with van der Waals surface area (Å²) >= 11 is 0. The molecule has 0 saturated heterocycles. The Kier molecular flexibility index (Phi) is 1.31. The van der Waals surface area contributed by atoms with E-state index < -0.39 is 0 Å². The van der Waals surface area contributed by atoms with Gasteiger partial charge in [0, 0.05) is 10.8 Å². The van der Waals surface area contributed by atoms with Crippen LogP contribution in [-0.4, -0.2) is 15.0 Å². The minimum atomic E-state index is 0.911. The second kappa shape index (κ2) is 2.64. The smallest absolute Gasteiger partial charge is 0.116 e. The van der Waals surface area contributed by atoms with Crippen molar-refractivity contribution in [2.24, 2.45) is 0 Å². The Morgan fingerprint density at radius 2 is 1.56 bits per heavy atom. The summed E-state index contributed by atoms with van der Waals surface area (Å²) in [7, 11) is 0. The van der Waals surface area contributed by atoms with Gasteiger partial charge in [-0.25, -0.2) is 9.97 Å². The average Bonchev–Trinajstić information content (AvgIpc) is 2.36. The summed E-state index contributed by atoms with van der Waals surface area (Å²) in [6, 6.07) is 10.3. The lowest BCUT2D eigenvalue weighted by molar-refractivity contribution is 1.25. The van der Waals surface area contributed by atoms with Crippen molar-refractivity contribution in [3.05, 3.63) is 42.9 Å². The third-order valence-electron chi connectivity index (χ3n) is 2.98. The maximum Gasteiger partial charge on any atom is 0.116 e. The lowest BCUT2D eigenvalue weighted by atomic mass is 10.0. The third kappa shape index (κ3) is 0.852. The number of pyridine rings is 1. The fraction of sp³-hybridized carbons (Fsp3) is 0. The van der Waals surface area contributed by atoms with Gasteiger partial charge in [-0.1, -0.05) is 18.2 Å². The zero-order chi connectivity index (χ0) is 10.5. The van der Waals surface area contributed by atoms with Gasteiger partial charge in [0.05, 0.1) is 22.7 Å². The first kappa shape index (κ1) is 7.93. The lowest BCUT2D eigenvalue weighted by Gasteiger charge is -2.07. The van der Waals surface area contributed by atoms with Crippen LogP contribution in [0.25, 0.3) is 32.7 Å². The maximum absolute atomic E-state index is 4.42. The van der Waals surface area contributed by atoms with Crippen LogP contribution in [-0.2, 0) is 0 Å². The van der Waals surface area contributed by atoms with Gasteiger partial charge in [-0.15, -0.1) is 0 Å². The zero-order valence-corrected chi connectivity index (χ0v) is 8.38. The monoisotopic (exact) mass is 205 g/mol. The summed E-state index contributed by atoms with van der Waals surface area (Å²) in [6.07, 6.45) is 3.40. The highest BCUT2D eigenvalue weighted by molar-refractivity contribution is 6.19. The second-order valence-electron chi connectivity index (χ2n) is 3.85. The molecule has 0 aliphatic rings. The Bertz CT molecular complexity index is 678. The molecule has 2 aromatic heterocycles. The molecule has 0 aliphatic heterocycles. The molecule has 74 valence electrons. The van der Waals surface area contributed by atoms with E-state index in [1.165, 1.54) is 5.39 Å². The highest BCUT2D eigenvalue weighted by atomic mass is 14.8. The molecule has 0 saturated carbocycles. The predicted octanol–water partition coefficient (Wildman–Crippen LogP) is 2.77. The Balaban J connectivity index is 2.51. The number of benzene rings is 2. The molecule has 0 atom stereocenters. The van der Waals surface area contributed by atoms with Crippen LogP contribution in [0.1, 0.15) is 0 Å². The van der Waals surface area contributed by atoms with Crippen LogP contribution in [0.2, 0.25) is 0 Å². The first-order valence-corrected chi connectivity index (χ1v) is 5.14. The molecule has 0 unspecified atom stereocenters. The molecule has 0 radical (unpaired) electrons. The molecule has 16 heavy (non-hydrogen) atoms. The van der Waals surface area contributed by atoms with Gasteiger partial charge in [0.15, 0.2) is 0 Å². The topological polar surface area (TPSA) is 38.7 Å². The molecule has 0 N–H and O–H groups in total. The second-order valence-corrected chi connectivity index (χ2v) is 3.85. The third-order valence-corrected chi connectivity index (χ3v) is 2.98. The maximum atomic E-state index is 4.42. The molecule has 3 nitrogen and oxygen atoms in total. The predicted molar refractivity (Wildman–Crippen MR) is 63.5 cm³/mol. The summed E-state index contributed by atoms with van der Waals surface area (Å²) < 4.78 is 0. The van der Waals surface area contributed by atoms with Crippen molar-refractivity contribution < 1.29 is 0 Å². The van der Waals surface area contributed by atoms with E-state index in [0.717, 1.165) is 27.3 Å². The fourth-order valence-corrected chi connectivity index (χ4v) is 2.27. The van der Waals surface area contributed by atoms with Crippen molar-refractivity contribution in [3.8, 4) is 0 Å². The Hall–Kier alpha value is -2.29. The number of aromatic nitrogens is 3. The van der Waals surface area contributed by atoms with Crippen LogP contribution < -0.4 is 0 Å². The van der Waals surface area contributed by atoms with Gasteiger partial charge in [-0.2, -0.15) is 0 Å². The van der Waals surface area contributed by atoms with E-state index >= 15 is 0 Å². The molecular weight excluding hydrogens is 198 g/mol. The van der Waals surface area contributed by atoms with Gasteiger partial charge in [0.2, 0.25) is 0 Å². The standard InChI is InChI=1S/C13H7N3/c1-2-8-4-5-10-13-11(16-7-15-10)6-14-9(3-1)12(8)13/h1-7H. The van der Waals surface area contributed by atoms with E-state index in [1.807, 2.05) is 24.4 Å². The summed E-state index contributed by atoms with van der Waals surface area (Å²) in [5.41, 5.74) is 2.90. The molecule has 0 fully saturated rings. The molecular formula is C13H7N3. The van der Waals surface area contributed by atoms with Crippen molar-refractivity contribution in [2.75, 3.05) is 0 Å². The van der Waals surface area contributed by atoms with E-state index in [-0.39, 0.29) is 0 Å². The van der Waals surface area contributed by atoms with Crippen LogP contribution in [0, 0.1) is 0 Å². The number of hydrogen-bond donors (Lipinski definition) is 0. The fourth-order valence-electron chi connectivity index (χ4n) is 2.27. The summed E-state index contributed by atoms with van der Waals surface area (Å²) in [4.78, 5) is 13.0. The summed E-state index contributed by atoms with van der Waals surface area (Å²) in [6.45, 7) is 0. The van der Waals surface area contributed by atoms with E-state index in [2.05, 4.69) is 27.1 Å². The highest BCUT2D eigenvalue weighted by Crippen LogP contribution is 2.30. The van der Waals surface area contributed by atoms with Crippen LogP contribution in [0.4, 0.5) is 0 Å². The molecule has 0 amide bonds. The molecule has 0 bridgehead atoms. The van der Waals surface area contributed by atoms with Gasteiger partial charge in [-0.3, -0.25) is 4.98 Å². The molecule has 3 heteroatoms. The zero-order valence-electron chi connectivity index (χ0n) is 8.38. The average molecular weight is 205 g/mol. The Morgan fingerprint density at radius 1 is 0.688 bits per heavy atom.